The van der Waals surface area contributed by atoms with Crippen LogP contribution in [-0.4, -0.2) is 56.1 Å². The number of morpholine rings is 1. The Bertz CT molecular complexity index is 464. The molecule has 0 bridgehead atoms. The Hall–Kier alpha value is -2.08. The number of ether oxygens (including phenoxy) is 1. The van der Waals surface area contributed by atoms with Gasteiger partial charge in [-0.15, -0.1) is 0 Å². The fraction of sp³-hybridized carbons (Fsp3) is 0.429. The van der Waals surface area contributed by atoms with Crippen LogP contribution in [0.3, 0.4) is 0 Å². The van der Waals surface area contributed by atoms with E-state index >= 15 is 0 Å². The quantitative estimate of drug-likeness (QED) is 0.817. The second-order valence-corrected chi connectivity index (χ2v) is 4.51. The van der Waals surface area contributed by atoms with Crippen LogP contribution in [0.2, 0.25) is 0 Å². The Labute approximate surface area is 118 Å². The molecular weight excluding hydrogens is 258 g/mol. The van der Waals surface area contributed by atoms with Gasteiger partial charge in [-0.2, -0.15) is 0 Å². The van der Waals surface area contributed by atoms with Gasteiger partial charge in [0.15, 0.2) is 0 Å². The van der Waals surface area contributed by atoms with E-state index in [2.05, 4.69) is 10.6 Å². The Balaban J connectivity index is 1.94. The van der Waals surface area contributed by atoms with Gasteiger partial charge in [0, 0.05) is 19.3 Å². The molecule has 2 N–H and O–H groups in total. The number of nitrogens with one attached hydrogen (secondary N) is 2. The first kappa shape index (κ1) is 14.3. The SMILES string of the molecule is CNC(=O)C1COCCN1C(=O)CNc1ccccc1. The highest BCUT2D eigenvalue weighted by atomic mass is 16.5. The standard InChI is InChI=1S/C14H19N3O3/c1-15-14(19)12-10-20-8-7-17(12)13(18)9-16-11-5-3-2-4-6-11/h2-6,12,16H,7-10H2,1H3,(H,15,19). The molecule has 108 valence electrons. The minimum Gasteiger partial charge on any atom is -0.377 e. The van der Waals surface area contributed by atoms with Crippen molar-refractivity contribution in [2.75, 3.05) is 38.7 Å². The van der Waals surface area contributed by atoms with E-state index in [4.69, 9.17) is 4.74 Å². The van der Waals surface area contributed by atoms with Crippen LogP contribution >= 0.6 is 0 Å². The molecule has 1 fully saturated rings. The van der Waals surface area contributed by atoms with Gasteiger partial charge in [-0.1, -0.05) is 18.2 Å². The van der Waals surface area contributed by atoms with Crippen LogP contribution in [0.1, 0.15) is 0 Å². The summed E-state index contributed by atoms with van der Waals surface area (Å²) in [5, 5.41) is 5.62. The summed E-state index contributed by atoms with van der Waals surface area (Å²) in [7, 11) is 1.56. The number of hydrogen-bond donors (Lipinski definition) is 2. The first-order valence-corrected chi connectivity index (χ1v) is 6.60. The third-order valence-electron chi connectivity index (χ3n) is 3.22. The van der Waals surface area contributed by atoms with Crippen molar-refractivity contribution in [3.05, 3.63) is 30.3 Å². The summed E-state index contributed by atoms with van der Waals surface area (Å²) >= 11 is 0. The zero-order chi connectivity index (χ0) is 14.4. The maximum absolute atomic E-state index is 12.2. The number of benzene rings is 1. The molecule has 1 unspecified atom stereocenters. The molecule has 6 nitrogen and oxygen atoms in total. The van der Waals surface area contributed by atoms with Gasteiger partial charge < -0.3 is 20.3 Å². The van der Waals surface area contributed by atoms with Gasteiger partial charge in [-0.3, -0.25) is 9.59 Å². The highest BCUT2D eigenvalue weighted by molar-refractivity contribution is 5.89. The molecule has 0 aromatic heterocycles. The van der Waals surface area contributed by atoms with E-state index in [-0.39, 0.29) is 25.0 Å². The van der Waals surface area contributed by atoms with Crippen molar-refractivity contribution < 1.29 is 14.3 Å². The fourth-order valence-corrected chi connectivity index (χ4v) is 2.12. The molecule has 1 atom stereocenters. The van der Waals surface area contributed by atoms with Crippen LogP contribution in [0.15, 0.2) is 30.3 Å². The number of carbonyl (C=O) groups is 2. The van der Waals surface area contributed by atoms with Crippen LogP contribution in [0, 0.1) is 0 Å². The van der Waals surface area contributed by atoms with Gasteiger partial charge in [0.25, 0.3) is 0 Å². The van der Waals surface area contributed by atoms with Crippen molar-refractivity contribution in [1.82, 2.24) is 10.2 Å². The molecule has 1 aromatic carbocycles. The van der Waals surface area contributed by atoms with E-state index in [0.717, 1.165) is 5.69 Å². The molecule has 0 saturated carbocycles. The van der Waals surface area contributed by atoms with Gasteiger partial charge in [-0.05, 0) is 12.1 Å². The van der Waals surface area contributed by atoms with Gasteiger partial charge in [0.05, 0.1) is 19.8 Å². The minimum absolute atomic E-state index is 0.106. The number of carbonyl (C=O) groups excluding carboxylic acids is 2. The Kier molecular flexibility index (Phi) is 4.95. The van der Waals surface area contributed by atoms with Gasteiger partial charge in [0.2, 0.25) is 11.8 Å². The minimum atomic E-state index is -0.543. The number of para-hydroxylation sites is 1. The van der Waals surface area contributed by atoms with E-state index in [0.29, 0.717) is 13.2 Å². The predicted octanol–water partition coefficient (Wildman–Crippen LogP) is 0.0719. The topological polar surface area (TPSA) is 70.7 Å². The second kappa shape index (κ2) is 6.91. The fourth-order valence-electron chi connectivity index (χ4n) is 2.12. The summed E-state index contributed by atoms with van der Waals surface area (Å²) in [6, 6.07) is 8.95. The number of hydrogen-bond acceptors (Lipinski definition) is 4. The molecule has 1 aliphatic rings. The van der Waals surface area contributed by atoms with Gasteiger partial charge in [0.1, 0.15) is 6.04 Å². The average Bonchev–Trinajstić information content (AvgIpc) is 2.52. The molecule has 20 heavy (non-hydrogen) atoms. The predicted molar refractivity (Wildman–Crippen MR) is 75.3 cm³/mol. The zero-order valence-electron chi connectivity index (χ0n) is 11.5. The van der Waals surface area contributed by atoms with Crippen LogP contribution in [-0.2, 0) is 14.3 Å². The number of rotatable bonds is 4. The third-order valence-corrected chi connectivity index (χ3v) is 3.22. The summed E-state index contributed by atoms with van der Waals surface area (Å²) < 4.78 is 5.27. The Morgan fingerprint density at radius 2 is 2.10 bits per heavy atom. The lowest BCUT2D eigenvalue weighted by atomic mass is 10.2. The summed E-state index contributed by atoms with van der Waals surface area (Å²) in [5.41, 5.74) is 0.880. The summed E-state index contributed by atoms with van der Waals surface area (Å²) in [6.45, 7) is 1.31. The van der Waals surface area contributed by atoms with Crippen LogP contribution in [0.4, 0.5) is 5.69 Å². The zero-order valence-corrected chi connectivity index (χ0v) is 11.5. The monoisotopic (exact) mass is 277 g/mol. The molecule has 1 aliphatic heterocycles. The maximum atomic E-state index is 12.2. The summed E-state index contributed by atoms with van der Waals surface area (Å²) in [4.78, 5) is 25.5. The Morgan fingerprint density at radius 1 is 1.35 bits per heavy atom. The number of amides is 2. The third kappa shape index (κ3) is 3.48. The molecular formula is C14H19N3O3. The molecule has 0 aliphatic carbocycles. The first-order valence-electron chi connectivity index (χ1n) is 6.60. The second-order valence-electron chi connectivity index (χ2n) is 4.51. The van der Waals surface area contributed by atoms with Crippen molar-refractivity contribution in [3.8, 4) is 0 Å². The van der Waals surface area contributed by atoms with Gasteiger partial charge in [-0.25, -0.2) is 0 Å². The lowest BCUT2D eigenvalue weighted by molar-refractivity contribution is -0.146. The van der Waals surface area contributed by atoms with Crippen LogP contribution < -0.4 is 10.6 Å². The van der Waals surface area contributed by atoms with E-state index in [1.807, 2.05) is 30.3 Å². The van der Waals surface area contributed by atoms with E-state index < -0.39 is 6.04 Å². The number of nitrogens with zero attached hydrogens (tertiary/aromatic N) is 1. The average molecular weight is 277 g/mol. The van der Waals surface area contributed by atoms with E-state index in [1.54, 1.807) is 11.9 Å². The lowest BCUT2D eigenvalue weighted by Crippen LogP contribution is -2.56. The van der Waals surface area contributed by atoms with Crippen molar-refractivity contribution in [3.63, 3.8) is 0 Å². The van der Waals surface area contributed by atoms with E-state index in [1.165, 1.54) is 0 Å². The smallest absolute Gasteiger partial charge is 0.244 e. The molecule has 6 heteroatoms. The molecule has 2 amide bonds. The van der Waals surface area contributed by atoms with Crippen LogP contribution in [0.25, 0.3) is 0 Å². The van der Waals surface area contributed by atoms with Crippen molar-refractivity contribution in [2.24, 2.45) is 0 Å². The van der Waals surface area contributed by atoms with Crippen LogP contribution in [0.5, 0.6) is 0 Å². The van der Waals surface area contributed by atoms with Crippen molar-refractivity contribution >= 4 is 17.5 Å². The normalized spacial score (nSPS) is 18.4. The Morgan fingerprint density at radius 3 is 2.80 bits per heavy atom. The van der Waals surface area contributed by atoms with Gasteiger partial charge >= 0.3 is 0 Å². The molecule has 2 rings (SSSR count). The lowest BCUT2D eigenvalue weighted by Gasteiger charge is -2.34. The number of anilines is 1. The van der Waals surface area contributed by atoms with Crippen molar-refractivity contribution in [1.29, 1.82) is 0 Å². The summed E-state index contributed by atoms with van der Waals surface area (Å²) in [5.74, 6) is -0.302. The summed E-state index contributed by atoms with van der Waals surface area (Å²) in [6.07, 6.45) is 0. The molecule has 1 saturated heterocycles. The molecule has 1 aromatic rings. The maximum Gasteiger partial charge on any atom is 0.244 e. The molecule has 1 heterocycles. The highest BCUT2D eigenvalue weighted by Gasteiger charge is 2.31. The van der Waals surface area contributed by atoms with E-state index in [9.17, 15) is 9.59 Å². The molecule has 0 radical (unpaired) electrons. The van der Waals surface area contributed by atoms with Crippen molar-refractivity contribution in [2.45, 2.75) is 6.04 Å². The highest BCUT2D eigenvalue weighted by Crippen LogP contribution is 2.09. The molecule has 0 spiro atoms. The number of likely N-dealkylation sites (N-methyl/N-ethyl adjacent to an activating group) is 1. The largest absolute Gasteiger partial charge is 0.377 e. The first-order chi connectivity index (χ1) is 9.72.